The second kappa shape index (κ2) is 4.88. The molecule has 68 valence electrons. The highest BCUT2D eigenvalue weighted by molar-refractivity contribution is 7.99. The fraction of sp³-hybridized carbons (Fsp3) is 0.300. The first kappa shape index (κ1) is 10.1. The van der Waals surface area contributed by atoms with Crippen molar-refractivity contribution in [3.8, 4) is 6.07 Å². The molecule has 0 amide bonds. The molecule has 13 heavy (non-hydrogen) atoms. The molecule has 1 aromatic carbocycles. The third-order valence-corrected chi connectivity index (χ3v) is 2.79. The van der Waals surface area contributed by atoms with E-state index >= 15 is 0 Å². The van der Waals surface area contributed by atoms with Gasteiger partial charge in [-0.05, 0) is 30.7 Å². The molecule has 0 saturated carbocycles. The number of aryl methyl sites for hydroxylation is 1. The minimum absolute atomic E-state index is 0.206. The lowest BCUT2D eigenvalue weighted by Gasteiger charge is -2.02. The van der Waals surface area contributed by atoms with Crippen LogP contribution in [0.25, 0.3) is 0 Å². The van der Waals surface area contributed by atoms with Crippen molar-refractivity contribution >= 4 is 11.8 Å². The first-order chi connectivity index (χ1) is 6.24. The molecule has 3 heteroatoms. The average Bonchev–Trinajstić information content (AvgIpc) is 2.09. The van der Waals surface area contributed by atoms with Crippen LogP contribution in [-0.2, 0) is 0 Å². The van der Waals surface area contributed by atoms with Gasteiger partial charge < -0.3 is 0 Å². The van der Waals surface area contributed by atoms with Crippen molar-refractivity contribution in [3.63, 3.8) is 0 Å². The largest absolute Gasteiger partial charge is 0.207 e. The van der Waals surface area contributed by atoms with E-state index in [-0.39, 0.29) is 5.82 Å². The van der Waals surface area contributed by atoms with Gasteiger partial charge in [0.15, 0.2) is 0 Å². The molecule has 1 nitrogen and oxygen atoms in total. The summed E-state index contributed by atoms with van der Waals surface area (Å²) in [7, 11) is 0. The maximum absolute atomic E-state index is 12.7. The Kier molecular flexibility index (Phi) is 3.78. The zero-order valence-electron chi connectivity index (χ0n) is 7.38. The summed E-state index contributed by atoms with van der Waals surface area (Å²) in [4.78, 5) is 1.05. The molecule has 0 atom stereocenters. The summed E-state index contributed by atoms with van der Waals surface area (Å²) in [6, 6.07) is 6.79. The number of thioether (sulfide) groups is 1. The first-order valence-electron chi connectivity index (χ1n) is 4.00. The SMILES string of the molecule is Cc1cc(F)ccc1SCCC#N. The van der Waals surface area contributed by atoms with Crippen molar-refractivity contribution in [1.82, 2.24) is 0 Å². The van der Waals surface area contributed by atoms with E-state index in [1.807, 2.05) is 6.92 Å². The molecule has 0 aliphatic heterocycles. The van der Waals surface area contributed by atoms with Gasteiger partial charge in [-0.2, -0.15) is 5.26 Å². The molecular formula is C10H10FNS. The third-order valence-electron chi connectivity index (χ3n) is 1.61. The van der Waals surface area contributed by atoms with Crippen LogP contribution in [0.2, 0.25) is 0 Å². The van der Waals surface area contributed by atoms with Gasteiger partial charge in [0.05, 0.1) is 6.07 Å². The fourth-order valence-corrected chi connectivity index (χ4v) is 1.85. The second-order valence-electron chi connectivity index (χ2n) is 2.67. The molecule has 0 spiro atoms. The zero-order chi connectivity index (χ0) is 9.68. The number of hydrogen-bond donors (Lipinski definition) is 0. The molecule has 1 aromatic rings. The topological polar surface area (TPSA) is 23.8 Å². The first-order valence-corrected chi connectivity index (χ1v) is 4.98. The Hall–Kier alpha value is -1.01. The number of benzene rings is 1. The molecule has 0 N–H and O–H groups in total. The molecule has 0 aliphatic carbocycles. The van der Waals surface area contributed by atoms with Crippen molar-refractivity contribution in [2.75, 3.05) is 5.75 Å². The van der Waals surface area contributed by atoms with Crippen LogP contribution < -0.4 is 0 Å². The van der Waals surface area contributed by atoms with Crippen LogP contribution in [0.5, 0.6) is 0 Å². The van der Waals surface area contributed by atoms with Crippen LogP contribution in [-0.4, -0.2) is 5.75 Å². The van der Waals surface area contributed by atoms with Gasteiger partial charge >= 0.3 is 0 Å². The third kappa shape index (κ3) is 3.08. The maximum Gasteiger partial charge on any atom is 0.123 e. The Morgan fingerprint density at radius 2 is 2.31 bits per heavy atom. The molecule has 0 radical (unpaired) electrons. The van der Waals surface area contributed by atoms with E-state index in [9.17, 15) is 4.39 Å². The van der Waals surface area contributed by atoms with Crippen molar-refractivity contribution in [2.24, 2.45) is 0 Å². The van der Waals surface area contributed by atoms with Gasteiger partial charge in [0, 0.05) is 17.1 Å². The number of nitriles is 1. The monoisotopic (exact) mass is 195 g/mol. The van der Waals surface area contributed by atoms with Crippen LogP contribution in [0.15, 0.2) is 23.1 Å². The van der Waals surface area contributed by atoms with Crippen LogP contribution in [0, 0.1) is 24.1 Å². The molecular weight excluding hydrogens is 185 g/mol. The van der Waals surface area contributed by atoms with E-state index in [0.717, 1.165) is 16.2 Å². The molecule has 0 heterocycles. The Bertz CT molecular complexity index is 330. The summed E-state index contributed by atoms with van der Waals surface area (Å²) in [6.07, 6.45) is 0.529. The van der Waals surface area contributed by atoms with Gasteiger partial charge in [-0.1, -0.05) is 0 Å². The lowest BCUT2D eigenvalue weighted by Crippen LogP contribution is -1.83. The number of nitrogens with zero attached hydrogens (tertiary/aromatic N) is 1. The van der Waals surface area contributed by atoms with Crippen LogP contribution in [0.4, 0.5) is 4.39 Å². The fourth-order valence-electron chi connectivity index (χ4n) is 0.981. The highest BCUT2D eigenvalue weighted by atomic mass is 32.2. The smallest absolute Gasteiger partial charge is 0.123 e. The van der Waals surface area contributed by atoms with Gasteiger partial charge in [0.2, 0.25) is 0 Å². The molecule has 0 bridgehead atoms. The maximum atomic E-state index is 12.7. The van der Waals surface area contributed by atoms with Gasteiger partial charge in [0.1, 0.15) is 5.82 Å². The lowest BCUT2D eigenvalue weighted by atomic mass is 10.2. The second-order valence-corrected chi connectivity index (χ2v) is 3.80. The Balaban J connectivity index is 2.62. The van der Waals surface area contributed by atoms with Crippen LogP contribution in [0.1, 0.15) is 12.0 Å². The van der Waals surface area contributed by atoms with Gasteiger partial charge in [-0.25, -0.2) is 4.39 Å². The Labute approximate surface area is 81.6 Å². The molecule has 0 aromatic heterocycles. The normalized spacial score (nSPS) is 9.62. The minimum atomic E-state index is -0.206. The summed E-state index contributed by atoms with van der Waals surface area (Å²) in [5.74, 6) is 0.560. The van der Waals surface area contributed by atoms with Crippen molar-refractivity contribution in [2.45, 2.75) is 18.2 Å². The summed E-state index contributed by atoms with van der Waals surface area (Å²) < 4.78 is 12.7. The van der Waals surface area contributed by atoms with Gasteiger partial charge in [-0.3, -0.25) is 0 Å². The zero-order valence-corrected chi connectivity index (χ0v) is 8.20. The standard InChI is InChI=1S/C10H10FNS/c1-8-7-9(11)3-4-10(8)13-6-2-5-12/h3-4,7H,2,6H2,1H3. The Morgan fingerprint density at radius 1 is 1.54 bits per heavy atom. The summed E-state index contributed by atoms with van der Waals surface area (Å²) >= 11 is 1.59. The van der Waals surface area contributed by atoms with E-state index in [2.05, 4.69) is 6.07 Å². The van der Waals surface area contributed by atoms with Crippen LogP contribution in [0.3, 0.4) is 0 Å². The van der Waals surface area contributed by atoms with Crippen molar-refractivity contribution < 1.29 is 4.39 Å². The van der Waals surface area contributed by atoms with E-state index in [4.69, 9.17) is 5.26 Å². The van der Waals surface area contributed by atoms with Crippen molar-refractivity contribution in [1.29, 1.82) is 5.26 Å². The van der Waals surface area contributed by atoms with E-state index in [1.54, 1.807) is 17.8 Å². The summed E-state index contributed by atoms with van der Waals surface area (Å²) in [6.45, 7) is 1.87. The quantitative estimate of drug-likeness (QED) is 0.546. The molecule has 0 saturated heterocycles. The predicted octanol–water partition coefficient (Wildman–Crippen LogP) is 3.14. The number of hydrogen-bond acceptors (Lipinski definition) is 2. The number of rotatable bonds is 3. The van der Waals surface area contributed by atoms with Crippen molar-refractivity contribution in [3.05, 3.63) is 29.6 Å². The van der Waals surface area contributed by atoms with E-state index in [1.165, 1.54) is 12.1 Å². The van der Waals surface area contributed by atoms with E-state index < -0.39 is 0 Å². The van der Waals surface area contributed by atoms with Crippen LogP contribution >= 0.6 is 11.8 Å². The highest BCUT2D eigenvalue weighted by Crippen LogP contribution is 2.23. The van der Waals surface area contributed by atoms with Gasteiger partial charge in [-0.15, -0.1) is 11.8 Å². The average molecular weight is 195 g/mol. The molecule has 0 unspecified atom stereocenters. The highest BCUT2D eigenvalue weighted by Gasteiger charge is 1.99. The summed E-state index contributed by atoms with van der Waals surface area (Å²) in [5, 5.41) is 8.33. The molecule has 1 rings (SSSR count). The molecule has 0 aliphatic rings. The lowest BCUT2D eigenvalue weighted by molar-refractivity contribution is 0.625. The Morgan fingerprint density at radius 3 is 2.92 bits per heavy atom. The van der Waals surface area contributed by atoms with Gasteiger partial charge in [0.25, 0.3) is 0 Å². The minimum Gasteiger partial charge on any atom is -0.207 e. The number of halogens is 1. The van der Waals surface area contributed by atoms with E-state index in [0.29, 0.717) is 6.42 Å². The predicted molar refractivity (Wildman–Crippen MR) is 52.1 cm³/mol. The summed E-state index contributed by atoms with van der Waals surface area (Å²) in [5.41, 5.74) is 0.933. The molecule has 0 fully saturated rings.